The number of carbonyl (C=O) groups is 4. The van der Waals surface area contributed by atoms with Gasteiger partial charge in [0.15, 0.2) is 5.78 Å². The Labute approximate surface area is 184 Å². The maximum absolute atomic E-state index is 12.7. The van der Waals surface area contributed by atoms with Gasteiger partial charge in [0.05, 0.1) is 0 Å². The van der Waals surface area contributed by atoms with Crippen molar-refractivity contribution in [3.05, 3.63) is 76.8 Å². The number of carboxylic acid groups (broad SMARTS) is 1. The highest BCUT2D eigenvalue weighted by Crippen LogP contribution is 2.20. The van der Waals surface area contributed by atoms with Gasteiger partial charge in [-0.15, -0.1) is 0 Å². The largest absolute Gasteiger partial charge is 0.511 e. The zero-order valence-electron chi connectivity index (χ0n) is 17.3. The highest BCUT2D eigenvalue weighted by atomic mass is 16.4. The highest BCUT2D eigenvalue weighted by Gasteiger charge is 2.32. The number of nitrogens with one attached hydrogen (secondary N) is 1. The number of hydrogen-bond acceptors (Lipinski definition) is 6. The van der Waals surface area contributed by atoms with Gasteiger partial charge in [-0.25, -0.2) is 0 Å². The van der Waals surface area contributed by atoms with E-state index in [0.717, 1.165) is 11.3 Å². The van der Waals surface area contributed by atoms with E-state index in [-0.39, 0.29) is 31.1 Å². The fourth-order valence-electron chi connectivity index (χ4n) is 3.32. The van der Waals surface area contributed by atoms with Crippen molar-refractivity contribution in [1.29, 1.82) is 0 Å². The molecule has 0 saturated heterocycles. The van der Waals surface area contributed by atoms with Crippen LogP contribution in [0.3, 0.4) is 0 Å². The third-order valence-electron chi connectivity index (χ3n) is 5.02. The number of Topliss-reactive ketones (excluding diaryl/α,β-unsaturated/α-hetero) is 1. The van der Waals surface area contributed by atoms with E-state index in [2.05, 4.69) is 10.3 Å². The first kappa shape index (κ1) is 22.7. The molecule has 32 heavy (non-hydrogen) atoms. The zero-order valence-corrected chi connectivity index (χ0v) is 17.3. The number of amides is 2. The number of aliphatic hydroxyl groups is 1. The molecule has 3 N–H and O–H groups in total. The molecule has 0 fully saturated rings. The number of aromatic nitrogens is 1. The van der Waals surface area contributed by atoms with Gasteiger partial charge in [-0.3, -0.25) is 24.2 Å². The number of rotatable bonds is 9. The molecule has 1 aromatic heterocycles. The number of aryl methyl sites for hydroxylation is 1. The minimum atomic E-state index is -1.26. The Kier molecular flexibility index (Phi) is 7.33. The standard InChI is InChI=1S/C23H23N3O6/c27-18(9-8-17-3-1-2-11-24-17)16-6-4-15(5-7-16)14-26-12-10-19(28)21(23(26)32)22(31)25-13-20(29)30/h1-7,11,28H,8-10,12-14H2,(H,25,31)(H,29,30). The second kappa shape index (κ2) is 10.3. The first-order valence-electron chi connectivity index (χ1n) is 10.1. The van der Waals surface area contributed by atoms with Crippen molar-refractivity contribution < 1.29 is 29.4 Å². The molecule has 0 unspecified atom stereocenters. The maximum atomic E-state index is 12.7. The molecule has 1 aliphatic heterocycles. The van der Waals surface area contributed by atoms with Crippen LogP contribution in [0, 0.1) is 0 Å². The van der Waals surface area contributed by atoms with Crippen LogP contribution in [-0.2, 0) is 27.3 Å². The third-order valence-corrected chi connectivity index (χ3v) is 5.02. The summed E-state index contributed by atoms with van der Waals surface area (Å²) in [6, 6.07) is 12.4. The molecule has 1 aliphatic rings. The topological polar surface area (TPSA) is 137 Å². The summed E-state index contributed by atoms with van der Waals surface area (Å²) in [6.45, 7) is -0.256. The third kappa shape index (κ3) is 5.78. The van der Waals surface area contributed by atoms with Crippen molar-refractivity contribution >= 4 is 23.6 Å². The van der Waals surface area contributed by atoms with Crippen molar-refractivity contribution in [3.63, 3.8) is 0 Å². The molecule has 0 bridgehead atoms. The van der Waals surface area contributed by atoms with Gasteiger partial charge in [0.2, 0.25) is 0 Å². The van der Waals surface area contributed by atoms with Gasteiger partial charge in [-0.2, -0.15) is 0 Å². The number of carbonyl (C=O) groups excluding carboxylic acids is 3. The summed E-state index contributed by atoms with van der Waals surface area (Å²) in [4.78, 5) is 53.4. The minimum Gasteiger partial charge on any atom is -0.511 e. The molecule has 9 nitrogen and oxygen atoms in total. The molecular formula is C23H23N3O6. The molecule has 0 saturated carbocycles. The average molecular weight is 437 g/mol. The first-order chi connectivity index (χ1) is 15.3. The van der Waals surface area contributed by atoms with Crippen molar-refractivity contribution in [1.82, 2.24) is 15.2 Å². The van der Waals surface area contributed by atoms with Crippen LogP contribution >= 0.6 is 0 Å². The number of hydrogen-bond donors (Lipinski definition) is 3. The Morgan fingerprint density at radius 1 is 1.09 bits per heavy atom. The van der Waals surface area contributed by atoms with Crippen molar-refractivity contribution in [2.45, 2.75) is 25.8 Å². The monoisotopic (exact) mass is 437 g/mol. The highest BCUT2D eigenvalue weighted by molar-refractivity contribution is 6.19. The average Bonchev–Trinajstić information content (AvgIpc) is 2.79. The molecule has 2 aromatic rings. The van der Waals surface area contributed by atoms with Crippen LogP contribution in [-0.4, -0.2) is 56.8 Å². The summed E-state index contributed by atoms with van der Waals surface area (Å²) in [6.07, 6.45) is 2.66. The quantitative estimate of drug-likeness (QED) is 0.401. The van der Waals surface area contributed by atoms with Crippen molar-refractivity contribution in [3.8, 4) is 0 Å². The molecule has 0 atom stereocenters. The lowest BCUT2D eigenvalue weighted by atomic mass is 10.0. The number of nitrogens with zero attached hydrogens (tertiary/aromatic N) is 2. The van der Waals surface area contributed by atoms with E-state index >= 15 is 0 Å². The predicted molar refractivity (Wildman–Crippen MR) is 114 cm³/mol. The van der Waals surface area contributed by atoms with E-state index < -0.39 is 29.9 Å². The van der Waals surface area contributed by atoms with Gasteiger partial charge in [-0.1, -0.05) is 30.3 Å². The number of pyridine rings is 1. The Morgan fingerprint density at radius 3 is 2.50 bits per heavy atom. The van der Waals surface area contributed by atoms with Crippen molar-refractivity contribution in [2.24, 2.45) is 0 Å². The fourth-order valence-corrected chi connectivity index (χ4v) is 3.32. The molecule has 0 aliphatic carbocycles. The van der Waals surface area contributed by atoms with Crippen LogP contribution < -0.4 is 5.32 Å². The van der Waals surface area contributed by atoms with Gasteiger partial charge in [-0.05, 0) is 24.1 Å². The van der Waals surface area contributed by atoms with Gasteiger partial charge in [0, 0.05) is 43.4 Å². The molecule has 2 amide bonds. The Bertz CT molecular complexity index is 1050. The summed E-state index contributed by atoms with van der Waals surface area (Å²) in [7, 11) is 0. The van der Waals surface area contributed by atoms with Crippen LogP contribution in [0.1, 0.15) is 34.5 Å². The number of ketones is 1. The fraction of sp³-hybridized carbons (Fsp3) is 0.261. The second-order valence-electron chi connectivity index (χ2n) is 7.32. The molecule has 3 rings (SSSR count). The van der Waals surface area contributed by atoms with Crippen LogP contribution in [0.5, 0.6) is 0 Å². The minimum absolute atomic E-state index is 0.0125. The molecule has 0 spiro atoms. The van der Waals surface area contributed by atoms with E-state index in [1.807, 2.05) is 18.2 Å². The Morgan fingerprint density at radius 2 is 1.84 bits per heavy atom. The summed E-state index contributed by atoms with van der Waals surface area (Å²) >= 11 is 0. The van der Waals surface area contributed by atoms with Crippen LogP contribution in [0.25, 0.3) is 0 Å². The normalized spacial score (nSPS) is 13.8. The molecule has 166 valence electrons. The van der Waals surface area contributed by atoms with E-state index in [0.29, 0.717) is 18.4 Å². The number of aliphatic carboxylic acids is 1. The first-order valence-corrected chi connectivity index (χ1v) is 10.1. The van der Waals surface area contributed by atoms with Crippen LogP contribution in [0.2, 0.25) is 0 Å². The lowest BCUT2D eigenvalue weighted by Gasteiger charge is -2.28. The van der Waals surface area contributed by atoms with E-state index in [1.165, 1.54) is 4.90 Å². The molecule has 1 aromatic carbocycles. The van der Waals surface area contributed by atoms with Gasteiger partial charge >= 0.3 is 5.97 Å². The number of carboxylic acids is 1. The summed E-state index contributed by atoms with van der Waals surface area (Å²) < 4.78 is 0. The van der Waals surface area contributed by atoms with E-state index in [9.17, 15) is 24.3 Å². The van der Waals surface area contributed by atoms with Gasteiger partial charge < -0.3 is 20.4 Å². The Balaban J connectivity index is 1.60. The van der Waals surface area contributed by atoms with Crippen LogP contribution in [0.15, 0.2) is 60.0 Å². The van der Waals surface area contributed by atoms with Gasteiger partial charge in [0.25, 0.3) is 11.8 Å². The molecular weight excluding hydrogens is 414 g/mol. The molecule has 9 heteroatoms. The van der Waals surface area contributed by atoms with Gasteiger partial charge in [0.1, 0.15) is 17.9 Å². The SMILES string of the molecule is O=C(O)CNC(=O)C1=C(O)CCN(Cc2ccc(C(=O)CCc3ccccn3)cc2)C1=O. The van der Waals surface area contributed by atoms with Crippen LogP contribution in [0.4, 0.5) is 0 Å². The second-order valence-corrected chi connectivity index (χ2v) is 7.32. The Hall–Kier alpha value is -4.01. The van der Waals surface area contributed by atoms with E-state index in [4.69, 9.17) is 5.11 Å². The lowest BCUT2D eigenvalue weighted by Crippen LogP contribution is -2.43. The zero-order chi connectivity index (χ0) is 23.1. The summed E-state index contributed by atoms with van der Waals surface area (Å²) in [5, 5.41) is 20.7. The number of benzene rings is 1. The van der Waals surface area contributed by atoms with Crippen molar-refractivity contribution in [2.75, 3.05) is 13.1 Å². The lowest BCUT2D eigenvalue weighted by molar-refractivity contribution is -0.138. The summed E-state index contributed by atoms with van der Waals surface area (Å²) in [5.41, 5.74) is 1.71. The van der Waals surface area contributed by atoms with E-state index in [1.54, 1.807) is 30.5 Å². The predicted octanol–water partition coefficient (Wildman–Crippen LogP) is 1.64. The molecule has 2 heterocycles. The molecule has 0 radical (unpaired) electrons. The summed E-state index contributed by atoms with van der Waals surface area (Å²) in [5.74, 6) is -3.22. The smallest absolute Gasteiger partial charge is 0.322 e. The maximum Gasteiger partial charge on any atom is 0.322 e. The number of aliphatic hydroxyl groups excluding tert-OH is 1.